The van der Waals surface area contributed by atoms with Crippen LogP contribution in [-0.2, 0) is 6.54 Å². The third kappa shape index (κ3) is 4.32. The first kappa shape index (κ1) is 13.9. The number of unbranched alkanes of at least 4 members (excludes halogenated alkanes) is 1. The SMILES string of the molecule is CCCCN(CCO)c1cc(CN)cc(C)n1. The average Bonchev–Trinajstić information content (AvgIpc) is 2.33. The number of aryl methyl sites for hydroxylation is 1. The molecule has 0 radical (unpaired) electrons. The van der Waals surface area contributed by atoms with Gasteiger partial charge in [0, 0.05) is 25.3 Å². The molecule has 0 saturated heterocycles. The lowest BCUT2D eigenvalue weighted by Gasteiger charge is -2.23. The second kappa shape index (κ2) is 7.25. The molecule has 0 aromatic carbocycles. The minimum Gasteiger partial charge on any atom is -0.395 e. The van der Waals surface area contributed by atoms with Crippen molar-refractivity contribution in [2.75, 3.05) is 24.6 Å². The molecule has 1 aromatic rings. The van der Waals surface area contributed by atoms with Gasteiger partial charge in [0.05, 0.1) is 6.61 Å². The van der Waals surface area contributed by atoms with Crippen LogP contribution in [0.4, 0.5) is 5.82 Å². The minimum atomic E-state index is 0.150. The third-order valence-corrected chi connectivity index (χ3v) is 2.71. The Bertz CT molecular complexity index is 341. The monoisotopic (exact) mass is 237 g/mol. The van der Waals surface area contributed by atoms with Gasteiger partial charge in [0.15, 0.2) is 0 Å². The standard InChI is InChI=1S/C13H23N3O/c1-3-4-5-16(6-7-17)13-9-12(10-14)8-11(2)15-13/h8-9,17H,3-7,10,14H2,1-2H3. The van der Waals surface area contributed by atoms with Crippen molar-refractivity contribution in [2.24, 2.45) is 5.73 Å². The van der Waals surface area contributed by atoms with E-state index in [4.69, 9.17) is 10.8 Å². The number of hydrogen-bond donors (Lipinski definition) is 2. The van der Waals surface area contributed by atoms with Crippen molar-refractivity contribution in [3.05, 3.63) is 23.4 Å². The molecule has 1 rings (SSSR count). The lowest BCUT2D eigenvalue weighted by atomic mass is 10.2. The number of hydrogen-bond acceptors (Lipinski definition) is 4. The second-order valence-electron chi connectivity index (χ2n) is 4.24. The summed E-state index contributed by atoms with van der Waals surface area (Å²) in [5.41, 5.74) is 7.73. The van der Waals surface area contributed by atoms with Crippen LogP contribution in [0.5, 0.6) is 0 Å². The summed E-state index contributed by atoms with van der Waals surface area (Å²) in [5, 5.41) is 9.10. The van der Waals surface area contributed by atoms with E-state index in [1.807, 2.05) is 19.1 Å². The second-order valence-corrected chi connectivity index (χ2v) is 4.24. The van der Waals surface area contributed by atoms with E-state index in [9.17, 15) is 0 Å². The lowest BCUT2D eigenvalue weighted by Crippen LogP contribution is -2.29. The van der Waals surface area contributed by atoms with Crippen molar-refractivity contribution in [1.82, 2.24) is 4.98 Å². The van der Waals surface area contributed by atoms with Gasteiger partial charge in [0.25, 0.3) is 0 Å². The quantitative estimate of drug-likeness (QED) is 0.753. The van der Waals surface area contributed by atoms with Gasteiger partial charge in [-0.2, -0.15) is 0 Å². The Kier molecular flexibility index (Phi) is 5.94. The molecule has 0 saturated carbocycles. The van der Waals surface area contributed by atoms with Crippen molar-refractivity contribution in [3.8, 4) is 0 Å². The molecule has 0 spiro atoms. The van der Waals surface area contributed by atoms with E-state index in [1.165, 1.54) is 0 Å². The molecular weight excluding hydrogens is 214 g/mol. The number of pyridine rings is 1. The van der Waals surface area contributed by atoms with Gasteiger partial charge in [0.2, 0.25) is 0 Å². The Morgan fingerprint density at radius 3 is 2.71 bits per heavy atom. The zero-order chi connectivity index (χ0) is 12.7. The van der Waals surface area contributed by atoms with E-state index in [0.29, 0.717) is 13.1 Å². The summed E-state index contributed by atoms with van der Waals surface area (Å²) in [7, 11) is 0. The van der Waals surface area contributed by atoms with E-state index in [2.05, 4.69) is 16.8 Å². The topological polar surface area (TPSA) is 62.4 Å². The Balaban J connectivity index is 2.87. The van der Waals surface area contributed by atoms with Crippen LogP contribution in [0.2, 0.25) is 0 Å². The summed E-state index contributed by atoms with van der Waals surface area (Å²) in [4.78, 5) is 6.63. The van der Waals surface area contributed by atoms with Crippen LogP contribution in [-0.4, -0.2) is 29.8 Å². The summed E-state index contributed by atoms with van der Waals surface area (Å²) in [6.45, 7) is 6.36. The highest BCUT2D eigenvalue weighted by atomic mass is 16.3. The number of aliphatic hydroxyl groups excluding tert-OH is 1. The maximum Gasteiger partial charge on any atom is 0.129 e. The molecule has 4 nitrogen and oxygen atoms in total. The Hall–Kier alpha value is -1.13. The molecule has 1 aromatic heterocycles. The molecule has 3 N–H and O–H groups in total. The van der Waals surface area contributed by atoms with Crippen LogP contribution in [0.3, 0.4) is 0 Å². The van der Waals surface area contributed by atoms with E-state index >= 15 is 0 Å². The van der Waals surface area contributed by atoms with Crippen LogP contribution in [0.15, 0.2) is 12.1 Å². The van der Waals surface area contributed by atoms with Crippen molar-refractivity contribution in [1.29, 1.82) is 0 Å². The molecule has 0 unspecified atom stereocenters. The molecular formula is C13H23N3O. The molecule has 0 bridgehead atoms. The van der Waals surface area contributed by atoms with Crippen molar-refractivity contribution < 1.29 is 5.11 Å². The Morgan fingerprint density at radius 2 is 2.12 bits per heavy atom. The predicted octanol–water partition coefficient (Wildman–Crippen LogP) is 1.45. The summed E-state index contributed by atoms with van der Waals surface area (Å²) < 4.78 is 0. The first-order valence-corrected chi connectivity index (χ1v) is 6.24. The first-order chi connectivity index (χ1) is 8.21. The summed E-state index contributed by atoms with van der Waals surface area (Å²) >= 11 is 0. The molecule has 0 amide bonds. The van der Waals surface area contributed by atoms with Gasteiger partial charge >= 0.3 is 0 Å². The van der Waals surface area contributed by atoms with Gasteiger partial charge < -0.3 is 15.7 Å². The highest BCUT2D eigenvalue weighted by Gasteiger charge is 2.08. The number of aliphatic hydroxyl groups is 1. The number of nitrogens with zero attached hydrogens (tertiary/aromatic N) is 2. The molecule has 4 heteroatoms. The van der Waals surface area contributed by atoms with Crippen LogP contribution < -0.4 is 10.6 Å². The third-order valence-electron chi connectivity index (χ3n) is 2.71. The van der Waals surface area contributed by atoms with Crippen molar-refractivity contribution >= 4 is 5.82 Å². The highest BCUT2D eigenvalue weighted by Crippen LogP contribution is 2.15. The minimum absolute atomic E-state index is 0.150. The van der Waals surface area contributed by atoms with Crippen LogP contribution in [0.25, 0.3) is 0 Å². The maximum absolute atomic E-state index is 9.10. The highest BCUT2D eigenvalue weighted by molar-refractivity contribution is 5.42. The number of rotatable bonds is 7. The summed E-state index contributed by atoms with van der Waals surface area (Å²) in [6, 6.07) is 4.01. The number of nitrogens with two attached hydrogens (primary N) is 1. The van der Waals surface area contributed by atoms with E-state index in [-0.39, 0.29) is 6.61 Å². The van der Waals surface area contributed by atoms with Gasteiger partial charge in [0.1, 0.15) is 5.82 Å². The fraction of sp³-hybridized carbons (Fsp3) is 0.615. The Morgan fingerprint density at radius 1 is 1.35 bits per heavy atom. The van der Waals surface area contributed by atoms with E-state index < -0.39 is 0 Å². The van der Waals surface area contributed by atoms with Gasteiger partial charge in [-0.05, 0) is 31.0 Å². The maximum atomic E-state index is 9.10. The van der Waals surface area contributed by atoms with Crippen LogP contribution in [0, 0.1) is 6.92 Å². The first-order valence-electron chi connectivity index (χ1n) is 6.24. The van der Waals surface area contributed by atoms with Crippen molar-refractivity contribution in [2.45, 2.75) is 33.2 Å². The molecule has 17 heavy (non-hydrogen) atoms. The average molecular weight is 237 g/mol. The normalized spacial score (nSPS) is 10.6. The smallest absolute Gasteiger partial charge is 0.129 e. The van der Waals surface area contributed by atoms with Crippen LogP contribution in [0.1, 0.15) is 31.0 Å². The summed E-state index contributed by atoms with van der Waals surface area (Å²) in [5.74, 6) is 0.924. The summed E-state index contributed by atoms with van der Waals surface area (Å²) in [6.07, 6.45) is 2.24. The molecule has 0 aliphatic heterocycles. The predicted molar refractivity (Wildman–Crippen MR) is 71.1 cm³/mol. The zero-order valence-electron chi connectivity index (χ0n) is 10.8. The van der Waals surface area contributed by atoms with Gasteiger partial charge in [-0.25, -0.2) is 4.98 Å². The van der Waals surface area contributed by atoms with Crippen molar-refractivity contribution in [3.63, 3.8) is 0 Å². The molecule has 0 fully saturated rings. The largest absolute Gasteiger partial charge is 0.395 e. The van der Waals surface area contributed by atoms with Crippen LogP contribution >= 0.6 is 0 Å². The fourth-order valence-corrected chi connectivity index (χ4v) is 1.81. The Labute approximate surface area is 103 Å². The van der Waals surface area contributed by atoms with E-state index in [0.717, 1.165) is 36.5 Å². The number of aromatic nitrogens is 1. The molecule has 0 atom stereocenters. The molecule has 96 valence electrons. The van der Waals surface area contributed by atoms with Gasteiger partial charge in [-0.1, -0.05) is 13.3 Å². The van der Waals surface area contributed by atoms with E-state index in [1.54, 1.807) is 0 Å². The van der Waals surface area contributed by atoms with Gasteiger partial charge in [-0.3, -0.25) is 0 Å². The molecule has 0 aliphatic carbocycles. The zero-order valence-corrected chi connectivity index (χ0v) is 10.8. The van der Waals surface area contributed by atoms with Gasteiger partial charge in [-0.15, -0.1) is 0 Å². The lowest BCUT2D eigenvalue weighted by molar-refractivity contribution is 0.301. The molecule has 1 heterocycles. The molecule has 0 aliphatic rings. The fourth-order valence-electron chi connectivity index (χ4n) is 1.81. The number of anilines is 1.